The van der Waals surface area contributed by atoms with E-state index in [-0.39, 0.29) is 29.8 Å². The number of esters is 1. The van der Waals surface area contributed by atoms with E-state index in [0.29, 0.717) is 37.7 Å². The molecule has 9 heteroatoms. The minimum absolute atomic E-state index is 0.00254. The van der Waals surface area contributed by atoms with Crippen LogP contribution in [0.2, 0.25) is 0 Å². The molecule has 0 aliphatic carbocycles. The molecule has 2 aliphatic rings. The molecule has 0 spiro atoms. The summed E-state index contributed by atoms with van der Waals surface area (Å²) in [5.74, 6) is 0.968. The number of carbonyl (C=O) groups is 2. The maximum Gasteiger partial charge on any atom is 0.320 e. The molecule has 0 saturated carbocycles. The van der Waals surface area contributed by atoms with Crippen molar-refractivity contribution in [3.05, 3.63) is 63.7 Å². The first-order valence-corrected chi connectivity index (χ1v) is 15.9. The molecule has 1 fully saturated rings. The highest BCUT2D eigenvalue weighted by atomic mass is 16.5. The SMILES string of the molecule is CCOC(=O)CN1CCN(Cc2cc(C(=O)CN3Cc4cc(OCC)c(C(CC)OC)cc4C3=N)cc(C(C)(C)C)c2)CC1. The number of hydrogen-bond acceptors (Lipinski definition) is 8. The van der Waals surface area contributed by atoms with Crippen LogP contribution in [0.5, 0.6) is 5.75 Å². The van der Waals surface area contributed by atoms with Crippen LogP contribution in [-0.4, -0.2) is 91.9 Å². The van der Waals surface area contributed by atoms with Crippen molar-refractivity contribution in [1.29, 1.82) is 5.41 Å². The van der Waals surface area contributed by atoms with Crippen molar-refractivity contribution in [2.45, 2.75) is 72.6 Å². The number of benzene rings is 2. The van der Waals surface area contributed by atoms with Crippen molar-refractivity contribution >= 4 is 17.6 Å². The molecule has 2 aromatic rings. The Balaban J connectivity index is 1.49. The van der Waals surface area contributed by atoms with Gasteiger partial charge in [0, 0.05) is 63.1 Å². The van der Waals surface area contributed by atoms with Gasteiger partial charge >= 0.3 is 5.97 Å². The Labute approximate surface area is 262 Å². The summed E-state index contributed by atoms with van der Waals surface area (Å²) in [7, 11) is 1.69. The fraction of sp³-hybridized carbons (Fsp3) is 0.571. The summed E-state index contributed by atoms with van der Waals surface area (Å²) in [6.45, 7) is 18.3. The zero-order valence-corrected chi connectivity index (χ0v) is 27.6. The summed E-state index contributed by atoms with van der Waals surface area (Å²) in [6, 6.07) is 10.3. The molecule has 1 saturated heterocycles. The first-order valence-electron chi connectivity index (χ1n) is 15.9. The Morgan fingerprint density at radius 2 is 1.64 bits per heavy atom. The van der Waals surface area contributed by atoms with Crippen molar-refractivity contribution in [3.63, 3.8) is 0 Å². The molecule has 0 bridgehead atoms. The highest BCUT2D eigenvalue weighted by Crippen LogP contribution is 2.36. The van der Waals surface area contributed by atoms with Crippen molar-refractivity contribution < 1.29 is 23.8 Å². The van der Waals surface area contributed by atoms with Gasteiger partial charge in [0.1, 0.15) is 11.6 Å². The van der Waals surface area contributed by atoms with Crippen molar-refractivity contribution in [2.24, 2.45) is 0 Å². The summed E-state index contributed by atoms with van der Waals surface area (Å²) in [6.07, 6.45) is 0.671. The third-order valence-corrected chi connectivity index (χ3v) is 8.51. The van der Waals surface area contributed by atoms with Crippen LogP contribution in [0.1, 0.15) is 92.2 Å². The molecule has 0 aromatic heterocycles. The minimum Gasteiger partial charge on any atom is -0.493 e. The van der Waals surface area contributed by atoms with Crippen LogP contribution in [0.15, 0.2) is 30.3 Å². The average molecular weight is 607 g/mol. The Bertz CT molecular complexity index is 1340. The van der Waals surface area contributed by atoms with Gasteiger partial charge in [-0.1, -0.05) is 33.8 Å². The Kier molecular flexibility index (Phi) is 11.2. The maximum absolute atomic E-state index is 13.8. The van der Waals surface area contributed by atoms with Gasteiger partial charge in [-0.15, -0.1) is 0 Å². The van der Waals surface area contributed by atoms with Gasteiger partial charge in [0.15, 0.2) is 5.78 Å². The number of rotatable bonds is 13. The summed E-state index contributed by atoms with van der Waals surface area (Å²) >= 11 is 0. The van der Waals surface area contributed by atoms with E-state index in [2.05, 4.69) is 43.6 Å². The lowest BCUT2D eigenvalue weighted by Gasteiger charge is -2.34. The highest BCUT2D eigenvalue weighted by Gasteiger charge is 2.30. The van der Waals surface area contributed by atoms with E-state index in [0.717, 1.165) is 72.7 Å². The smallest absolute Gasteiger partial charge is 0.320 e. The van der Waals surface area contributed by atoms with E-state index < -0.39 is 0 Å². The van der Waals surface area contributed by atoms with Gasteiger partial charge in [0.25, 0.3) is 0 Å². The van der Waals surface area contributed by atoms with Crippen molar-refractivity contribution in [2.75, 3.05) is 59.6 Å². The Hall–Kier alpha value is -3.27. The van der Waals surface area contributed by atoms with Crippen LogP contribution in [0.4, 0.5) is 0 Å². The van der Waals surface area contributed by atoms with Gasteiger partial charge in [0.2, 0.25) is 0 Å². The van der Waals surface area contributed by atoms with Gasteiger partial charge in [-0.25, -0.2) is 0 Å². The number of fused-ring (bicyclic) bond motifs is 1. The first-order chi connectivity index (χ1) is 21.0. The lowest BCUT2D eigenvalue weighted by Crippen LogP contribution is -2.47. The molecule has 44 heavy (non-hydrogen) atoms. The lowest BCUT2D eigenvalue weighted by molar-refractivity contribution is -0.144. The number of ether oxygens (including phenoxy) is 3. The molecule has 2 heterocycles. The number of amidine groups is 1. The van der Waals surface area contributed by atoms with Crippen LogP contribution in [0, 0.1) is 5.41 Å². The van der Waals surface area contributed by atoms with Crippen LogP contribution in [0.3, 0.4) is 0 Å². The molecule has 1 N–H and O–H groups in total. The van der Waals surface area contributed by atoms with Crippen LogP contribution >= 0.6 is 0 Å². The van der Waals surface area contributed by atoms with E-state index in [9.17, 15) is 9.59 Å². The molecule has 2 aliphatic heterocycles. The summed E-state index contributed by atoms with van der Waals surface area (Å²) in [5.41, 5.74) is 5.55. The molecule has 0 amide bonds. The molecular formula is C35H50N4O5. The number of ketones is 1. The summed E-state index contributed by atoms with van der Waals surface area (Å²) in [4.78, 5) is 32.1. The molecule has 1 unspecified atom stereocenters. The monoisotopic (exact) mass is 606 g/mol. The van der Waals surface area contributed by atoms with Crippen LogP contribution in [-0.2, 0) is 32.8 Å². The molecule has 4 rings (SSSR count). The molecule has 1 atom stereocenters. The molecule has 2 aromatic carbocycles. The fourth-order valence-electron chi connectivity index (χ4n) is 6.02. The fourth-order valence-corrected chi connectivity index (χ4v) is 6.02. The van der Waals surface area contributed by atoms with Gasteiger partial charge in [-0.2, -0.15) is 0 Å². The van der Waals surface area contributed by atoms with Gasteiger partial charge in [-0.05, 0) is 66.6 Å². The van der Waals surface area contributed by atoms with E-state index in [1.807, 2.05) is 43.0 Å². The Morgan fingerprint density at radius 3 is 2.25 bits per heavy atom. The van der Waals surface area contributed by atoms with E-state index >= 15 is 0 Å². The number of nitrogens with zero attached hydrogens (tertiary/aromatic N) is 3. The first kappa shape index (κ1) is 33.6. The maximum atomic E-state index is 13.8. The summed E-state index contributed by atoms with van der Waals surface area (Å²) in [5, 5.41) is 8.96. The number of nitrogens with one attached hydrogen (secondary N) is 1. The van der Waals surface area contributed by atoms with Gasteiger partial charge in [-0.3, -0.25) is 24.8 Å². The average Bonchev–Trinajstić information content (AvgIpc) is 3.28. The largest absolute Gasteiger partial charge is 0.493 e. The van der Waals surface area contributed by atoms with E-state index in [1.165, 1.54) is 0 Å². The normalized spacial score (nSPS) is 16.6. The minimum atomic E-state index is -0.175. The molecule has 9 nitrogen and oxygen atoms in total. The van der Waals surface area contributed by atoms with E-state index in [1.54, 1.807) is 7.11 Å². The number of methoxy groups -OCH3 is 1. The zero-order chi connectivity index (χ0) is 32.0. The number of Topliss-reactive ketones (excluding diaryl/α,β-unsaturated/α-hetero) is 1. The number of piperazine rings is 1. The predicted octanol–water partition coefficient (Wildman–Crippen LogP) is 5.18. The molecule has 0 radical (unpaired) electrons. The second-order valence-electron chi connectivity index (χ2n) is 12.8. The number of hydrogen-bond donors (Lipinski definition) is 1. The van der Waals surface area contributed by atoms with E-state index in [4.69, 9.17) is 19.6 Å². The van der Waals surface area contributed by atoms with Crippen LogP contribution in [0.25, 0.3) is 0 Å². The topological polar surface area (TPSA) is 95.4 Å². The second-order valence-corrected chi connectivity index (χ2v) is 12.8. The van der Waals surface area contributed by atoms with Crippen molar-refractivity contribution in [3.8, 4) is 5.75 Å². The Morgan fingerprint density at radius 1 is 0.932 bits per heavy atom. The zero-order valence-electron chi connectivity index (χ0n) is 27.6. The standard InChI is InChI=1S/C35H50N4O5/c1-8-31(42-7)29-19-28-26(18-32(29)43-9-2)21-39(34(28)36)22-30(40)25-15-24(16-27(17-25)35(4,5)6)20-37-11-13-38(14-12-37)23-33(41)44-10-3/h15-19,31,36H,8-14,20-23H2,1-7H3. The third-order valence-electron chi connectivity index (χ3n) is 8.51. The molecular weight excluding hydrogens is 556 g/mol. The van der Waals surface area contributed by atoms with Gasteiger partial charge in [0.05, 0.1) is 32.4 Å². The summed E-state index contributed by atoms with van der Waals surface area (Å²) < 4.78 is 16.8. The third kappa shape index (κ3) is 8.06. The predicted molar refractivity (Wildman–Crippen MR) is 173 cm³/mol. The number of carbonyl (C=O) groups excluding carboxylic acids is 2. The highest BCUT2D eigenvalue weighted by molar-refractivity contribution is 6.05. The molecule has 240 valence electrons. The van der Waals surface area contributed by atoms with Crippen LogP contribution < -0.4 is 4.74 Å². The second kappa shape index (κ2) is 14.7. The quantitative estimate of drug-likeness (QED) is 0.246. The lowest BCUT2D eigenvalue weighted by atomic mass is 9.84. The van der Waals surface area contributed by atoms with Crippen molar-refractivity contribution in [1.82, 2.24) is 14.7 Å². The van der Waals surface area contributed by atoms with Gasteiger partial charge < -0.3 is 19.1 Å².